The van der Waals surface area contributed by atoms with Crippen molar-refractivity contribution in [3.63, 3.8) is 0 Å². The van der Waals surface area contributed by atoms with E-state index in [1.54, 1.807) is 0 Å². The van der Waals surface area contributed by atoms with Gasteiger partial charge in [0.2, 0.25) is 0 Å². The first-order chi connectivity index (χ1) is 23.4. The van der Waals surface area contributed by atoms with Crippen LogP contribution in [0.1, 0.15) is 0 Å². The number of para-hydroxylation sites is 5. The predicted octanol–water partition coefficient (Wildman–Crippen LogP) is 10.4. The first-order valence-electron chi connectivity index (χ1n) is 15.9. The van der Waals surface area contributed by atoms with Gasteiger partial charge in [-0.3, -0.25) is 9.38 Å². The molecule has 0 unspecified atom stereocenters. The minimum atomic E-state index is 0.948. The third-order valence-electron chi connectivity index (χ3n) is 9.87. The van der Waals surface area contributed by atoms with Gasteiger partial charge in [-0.25, -0.2) is 4.98 Å². The summed E-state index contributed by atoms with van der Waals surface area (Å²) in [6.45, 7) is 0. The number of nitrogens with zero attached hydrogens (tertiary/aromatic N) is 5. The Kier molecular flexibility index (Phi) is 4.78. The number of aromatic nitrogens is 5. The Morgan fingerprint density at radius 3 is 1.85 bits per heavy atom. The highest BCUT2D eigenvalue weighted by atomic mass is 15.1. The van der Waals surface area contributed by atoms with E-state index in [4.69, 9.17) is 4.98 Å². The Bertz CT molecular complexity index is 3060. The summed E-state index contributed by atoms with van der Waals surface area (Å²) in [7, 11) is 0. The minimum absolute atomic E-state index is 0.948. The monoisotopic (exact) mass is 599 g/mol. The summed E-state index contributed by atoms with van der Waals surface area (Å²) in [4.78, 5) is 9.81. The maximum atomic E-state index is 5.20. The summed E-state index contributed by atoms with van der Waals surface area (Å²) in [6, 6.07) is 50.0. The molecule has 11 aromatic rings. The number of hydrogen-bond donors (Lipinski definition) is 0. The summed E-state index contributed by atoms with van der Waals surface area (Å²) >= 11 is 0. The number of hydrogen-bond acceptors (Lipinski definition) is 2. The number of fused-ring (bicyclic) bond motifs is 16. The molecule has 5 heteroatoms. The van der Waals surface area contributed by atoms with Crippen molar-refractivity contribution in [2.24, 2.45) is 0 Å². The van der Waals surface area contributed by atoms with Crippen molar-refractivity contribution in [1.82, 2.24) is 23.5 Å². The summed E-state index contributed by atoms with van der Waals surface area (Å²) in [5.74, 6) is 0. The summed E-state index contributed by atoms with van der Waals surface area (Å²) in [5, 5.41) is 8.39. The van der Waals surface area contributed by atoms with E-state index in [0.29, 0.717) is 0 Å². The fraction of sp³-hybridized carbons (Fsp3) is 0. The van der Waals surface area contributed by atoms with Crippen molar-refractivity contribution in [3.8, 4) is 11.4 Å². The molecule has 5 aromatic heterocycles. The van der Waals surface area contributed by atoms with Crippen LogP contribution in [0.3, 0.4) is 0 Å². The van der Waals surface area contributed by atoms with Gasteiger partial charge in [0.15, 0.2) is 0 Å². The van der Waals surface area contributed by atoms with E-state index >= 15 is 0 Å². The van der Waals surface area contributed by atoms with E-state index in [1.165, 1.54) is 43.5 Å². The van der Waals surface area contributed by atoms with Gasteiger partial charge in [0.1, 0.15) is 5.65 Å². The number of rotatable bonds is 2. The van der Waals surface area contributed by atoms with E-state index in [1.807, 2.05) is 12.4 Å². The molecule has 0 saturated heterocycles. The molecule has 218 valence electrons. The lowest BCUT2D eigenvalue weighted by Gasteiger charge is -2.12. The van der Waals surface area contributed by atoms with Crippen molar-refractivity contribution < 1.29 is 0 Å². The van der Waals surface area contributed by atoms with Crippen LogP contribution in [-0.4, -0.2) is 23.5 Å². The minimum Gasteiger partial charge on any atom is -0.307 e. The lowest BCUT2D eigenvalue weighted by atomic mass is 10.00. The van der Waals surface area contributed by atoms with Crippen LogP contribution in [0.4, 0.5) is 0 Å². The van der Waals surface area contributed by atoms with Crippen LogP contribution < -0.4 is 0 Å². The molecular weight excluding hydrogens is 574 g/mol. The zero-order valence-electron chi connectivity index (χ0n) is 25.2. The third-order valence-corrected chi connectivity index (χ3v) is 9.87. The fourth-order valence-corrected chi connectivity index (χ4v) is 8.02. The van der Waals surface area contributed by atoms with E-state index in [2.05, 4.69) is 158 Å². The van der Waals surface area contributed by atoms with Gasteiger partial charge in [-0.2, -0.15) is 0 Å². The van der Waals surface area contributed by atoms with Crippen molar-refractivity contribution in [3.05, 3.63) is 152 Å². The van der Waals surface area contributed by atoms with E-state index in [9.17, 15) is 0 Å². The molecule has 0 aliphatic heterocycles. The second-order valence-electron chi connectivity index (χ2n) is 12.3. The molecule has 5 nitrogen and oxygen atoms in total. The smallest absolute Gasteiger partial charge is 0.146 e. The number of pyridine rings is 2. The van der Waals surface area contributed by atoms with Crippen molar-refractivity contribution in [2.75, 3.05) is 0 Å². The Morgan fingerprint density at radius 1 is 0.404 bits per heavy atom. The second-order valence-corrected chi connectivity index (χ2v) is 12.3. The van der Waals surface area contributed by atoms with Gasteiger partial charge in [-0.1, -0.05) is 78.9 Å². The van der Waals surface area contributed by atoms with Crippen LogP contribution >= 0.6 is 0 Å². The highest BCUT2D eigenvalue weighted by molar-refractivity contribution is 6.33. The lowest BCUT2D eigenvalue weighted by Crippen LogP contribution is -1.98. The molecule has 0 spiro atoms. The molecular formula is C42H25N5. The normalized spacial score (nSPS) is 12.3. The van der Waals surface area contributed by atoms with E-state index in [-0.39, 0.29) is 0 Å². The Labute approximate surface area is 268 Å². The summed E-state index contributed by atoms with van der Waals surface area (Å²) in [6.07, 6.45) is 3.89. The van der Waals surface area contributed by atoms with Crippen molar-refractivity contribution in [1.29, 1.82) is 0 Å². The quantitative estimate of drug-likeness (QED) is 0.186. The maximum absolute atomic E-state index is 5.20. The van der Waals surface area contributed by atoms with Crippen LogP contribution in [0.25, 0.3) is 93.3 Å². The predicted molar refractivity (Wildman–Crippen MR) is 194 cm³/mol. The van der Waals surface area contributed by atoms with Crippen LogP contribution in [0, 0.1) is 0 Å². The third kappa shape index (κ3) is 3.17. The molecule has 0 aliphatic carbocycles. The molecule has 0 aliphatic rings. The van der Waals surface area contributed by atoms with Gasteiger partial charge < -0.3 is 9.13 Å². The van der Waals surface area contributed by atoms with Crippen LogP contribution in [-0.2, 0) is 0 Å². The van der Waals surface area contributed by atoms with Gasteiger partial charge >= 0.3 is 0 Å². The van der Waals surface area contributed by atoms with Crippen molar-refractivity contribution >= 4 is 82.0 Å². The van der Waals surface area contributed by atoms with Gasteiger partial charge in [0.05, 0.1) is 44.8 Å². The molecule has 0 radical (unpaired) electrons. The van der Waals surface area contributed by atoms with Crippen molar-refractivity contribution in [2.45, 2.75) is 0 Å². The van der Waals surface area contributed by atoms with Gasteiger partial charge in [0, 0.05) is 55.3 Å². The Hall–Kier alpha value is -6.46. The molecule has 0 saturated carbocycles. The first kappa shape index (κ1) is 24.8. The summed E-state index contributed by atoms with van der Waals surface area (Å²) < 4.78 is 7.17. The zero-order chi connectivity index (χ0) is 30.6. The molecule has 47 heavy (non-hydrogen) atoms. The Morgan fingerprint density at radius 2 is 1.04 bits per heavy atom. The van der Waals surface area contributed by atoms with Crippen LogP contribution in [0.2, 0.25) is 0 Å². The molecule has 0 fully saturated rings. The molecule has 0 N–H and O–H groups in total. The van der Waals surface area contributed by atoms with Crippen LogP contribution in [0.5, 0.6) is 0 Å². The SMILES string of the molecule is c1ccc(-n2c3ccccc3c3ccc4c5c6c7ccncc7n7c8ccccc8nc7c6ccc5n(-c5ccccc5)c4c32)cc1. The Balaban J connectivity index is 1.45. The second kappa shape index (κ2) is 9.05. The maximum Gasteiger partial charge on any atom is 0.146 e. The highest BCUT2D eigenvalue weighted by Crippen LogP contribution is 2.45. The van der Waals surface area contributed by atoms with E-state index < -0.39 is 0 Å². The number of benzene rings is 6. The molecule has 0 amide bonds. The lowest BCUT2D eigenvalue weighted by molar-refractivity contribution is 1.15. The molecule has 6 aromatic carbocycles. The molecule has 11 rings (SSSR count). The van der Waals surface area contributed by atoms with Gasteiger partial charge in [0.25, 0.3) is 0 Å². The van der Waals surface area contributed by atoms with Gasteiger partial charge in [-0.05, 0) is 60.7 Å². The highest BCUT2D eigenvalue weighted by Gasteiger charge is 2.24. The molecule has 0 atom stereocenters. The van der Waals surface area contributed by atoms with Gasteiger partial charge in [-0.15, -0.1) is 0 Å². The molecule has 0 bridgehead atoms. The standard InChI is InChI=1S/C42H25N5/c1-3-11-26(12-4-1)45-34-17-9-7-15-28(34)29-19-20-31-39-36(46(41(31)40(29)45)27-13-5-2-6-14-27)22-21-32-38(39)30-23-24-43-25-37(30)47-35-18-10-8-16-33(35)44-42(32)47/h1-25H. The molecule has 5 heterocycles. The van der Waals surface area contributed by atoms with E-state index in [0.717, 1.165) is 49.9 Å². The number of imidazole rings is 1. The first-order valence-corrected chi connectivity index (χ1v) is 15.9. The average molecular weight is 600 g/mol. The van der Waals surface area contributed by atoms with Crippen LogP contribution in [0.15, 0.2) is 152 Å². The summed E-state index contributed by atoms with van der Waals surface area (Å²) in [5.41, 5.74) is 11.1. The average Bonchev–Trinajstić information content (AvgIpc) is 3.80. The largest absolute Gasteiger partial charge is 0.307 e. The topological polar surface area (TPSA) is 40.1 Å². The zero-order valence-corrected chi connectivity index (χ0v) is 25.2. The fourth-order valence-electron chi connectivity index (χ4n) is 8.02.